The molecule has 0 saturated carbocycles. The molecule has 1 fully saturated rings. The van der Waals surface area contributed by atoms with E-state index in [0.717, 1.165) is 25.6 Å². The average molecular weight is 199 g/mol. The Labute approximate surface area is 88.0 Å². The molecule has 3 N–H and O–H groups in total. The Kier molecular flexibility index (Phi) is 6.15. The highest BCUT2D eigenvalue weighted by Gasteiger charge is 2.14. The van der Waals surface area contributed by atoms with E-state index in [4.69, 9.17) is 5.73 Å². The van der Waals surface area contributed by atoms with Crippen molar-refractivity contribution in [3.63, 3.8) is 0 Å². The van der Waals surface area contributed by atoms with E-state index in [-0.39, 0.29) is 0 Å². The average Bonchev–Trinajstić information content (AvgIpc) is 2.43. The van der Waals surface area contributed by atoms with Crippen molar-refractivity contribution in [2.45, 2.75) is 38.6 Å². The van der Waals surface area contributed by atoms with Gasteiger partial charge < -0.3 is 16.0 Å². The predicted octanol–water partition coefficient (Wildman–Crippen LogP) is 0.799. The Morgan fingerprint density at radius 3 is 2.93 bits per heavy atom. The Bertz CT molecular complexity index is 138. The molecule has 0 aromatic rings. The third kappa shape index (κ3) is 4.40. The highest BCUT2D eigenvalue weighted by atomic mass is 15.1. The fourth-order valence-corrected chi connectivity index (χ4v) is 2.08. The number of nitrogens with one attached hydrogen (secondary N) is 1. The second kappa shape index (κ2) is 7.21. The Balaban J connectivity index is 2.14. The number of rotatable bonds is 5. The van der Waals surface area contributed by atoms with E-state index in [0.29, 0.717) is 0 Å². The second-order valence-corrected chi connectivity index (χ2v) is 4.16. The minimum absolute atomic E-state index is 0.734. The fraction of sp³-hybridized carbons (Fsp3) is 1.00. The molecule has 1 unspecified atom stereocenters. The lowest BCUT2D eigenvalue weighted by atomic mass is 10.1. The maximum absolute atomic E-state index is 5.47. The molecule has 1 aliphatic rings. The summed E-state index contributed by atoms with van der Waals surface area (Å²) in [5.41, 5.74) is 5.47. The van der Waals surface area contributed by atoms with Crippen LogP contribution in [-0.4, -0.2) is 43.7 Å². The van der Waals surface area contributed by atoms with Crippen molar-refractivity contribution in [1.29, 1.82) is 0 Å². The van der Waals surface area contributed by atoms with Crippen LogP contribution in [0.2, 0.25) is 0 Å². The SMILES string of the molecule is CCN1CCCC(NCCCN)CC1. The molecular formula is C11H25N3. The summed E-state index contributed by atoms with van der Waals surface area (Å²) >= 11 is 0. The van der Waals surface area contributed by atoms with Gasteiger partial charge in [-0.1, -0.05) is 6.92 Å². The summed E-state index contributed by atoms with van der Waals surface area (Å²) in [6.07, 6.45) is 5.08. The smallest absolute Gasteiger partial charge is 0.00797 e. The molecule has 0 radical (unpaired) electrons. The van der Waals surface area contributed by atoms with Gasteiger partial charge in [0.05, 0.1) is 0 Å². The summed E-state index contributed by atoms with van der Waals surface area (Å²) < 4.78 is 0. The third-order valence-corrected chi connectivity index (χ3v) is 3.08. The normalized spacial score (nSPS) is 24.9. The zero-order chi connectivity index (χ0) is 10.2. The van der Waals surface area contributed by atoms with Crippen LogP contribution in [0.25, 0.3) is 0 Å². The molecule has 1 saturated heterocycles. The van der Waals surface area contributed by atoms with E-state index in [9.17, 15) is 0 Å². The van der Waals surface area contributed by atoms with Crippen molar-refractivity contribution in [3.8, 4) is 0 Å². The number of hydrogen-bond acceptors (Lipinski definition) is 3. The molecule has 0 bridgehead atoms. The summed E-state index contributed by atoms with van der Waals surface area (Å²) in [5.74, 6) is 0. The van der Waals surface area contributed by atoms with Crippen molar-refractivity contribution in [2.24, 2.45) is 5.73 Å². The molecule has 1 rings (SSSR count). The third-order valence-electron chi connectivity index (χ3n) is 3.08. The van der Waals surface area contributed by atoms with E-state index in [1.165, 1.54) is 38.9 Å². The molecule has 14 heavy (non-hydrogen) atoms. The van der Waals surface area contributed by atoms with E-state index in [1.807, 2.05) is 0 Å². The molecule has 84 valence electrons. The summed E-state index contributed by atoms with van der Waals surface area (Å²) in [7, 11) is 0. The van der Waals surface area contributed by atoms with Crippen LogP contribution in [0.5, 0.6) is 0 Å². The molecule has 0 aromatic carbocycles. The highest BCUT2D eigenvalue weighted by molar-refractivity contribution is 4.74. The van der Waals surface area contributed by atoms with E-state index in [2.05, 4.69) is 17.1 Å². The second-order valence-electron chi connectivity index (χ2n) is 4.16. The first-order valence-electron chi connectivity index (χ1n) is 6.02. The van der Waals surface area contributed by atoms with Gasteiger partial charge >= 0.3 is 0 Å². The largest absolute Gasteiger partial charge is 0.330 e. The van der Waals surface area contributed by atoms with Gasteiger partial charge in [-0.3, -0.25) is 0 Å². The lowest BCUT2D eigenvalue weighted by Crippen LogP contribution is -2.32. The van der Waals surface area contributed by atoms with Crippen LogP contribution < -0.4 is 11.1 Å². The van der Waals surface area contributed by atoms with Crippen LogP contribution >= 0.6 is 0 Å². The minimum atomic E-state index is 0.734. The van der Waals surface area contributed by atoms with E-state index in [1.54, 1.807) is 0 Å². The summed E-state index contributed by atoms with van der Waals surface area (Å²) in [4.78, 5) is 2.55. The lowest BCUT2D eigenvalue weighted by Gasteiger charge is -2.18. The van der Waals surface area contributed by atoms with Gasteiger partial charge in [0.1, 0.15) is 0 Å². The zero-order valence-corrected chi connectivity index (χ0v) is 9.47. The molecule has 1 atom stereocenters. The molecule has 0 aliphatic carbocycles. The van der Waals surface area contributed by atoms with Crippen LogP contribution in [-0.2, 0) is 0 Å². The predicted molar refractivity (Wildman–Crippen MR) is 61.4 cm³/mol. The first-order chi connectivity index (χ1) is 6.86. The van der Waals surface area contributed by atoms with Crippen LogP contribution in [0.1, 0.15) is 32.6 Å². The van der Waals surface area contributed by atoms with Crippen LogP contribution in [0.3, 0.4) is 0 Å². The van der Waals surface area contributed by atoms with E-state index < -0.39 is 0 Å². The quantitative estimate of drug-likeness (QED) is 0.644. The fourth-order valence-electron chi connectivity index (χ4n) is 2.08. The van der Waals surface area contributed by atoms with Crippen molar-refractivity contribution in [3.05, 3.63) is 0 Å². The van der Waals surface area contributed by atoms with Crippen LogP contribution in [0.15, 0.2) is 0 Å². The Hall–Kier alpha value is -0.120. The van der Waals surface area contributed by atoms with Crippen LogP contribution in [0, 0.1) is 0 Å². The van der Waals surface area contributed by atoms with Gasteiger partial charge in [-0.05, 0) is 58.4 Å². The number of hydrogen-bond donors (Lipinski definition) is 2. The Morgan fingerprint density at radius 2 is 2.21 bits per heavy atom. The van der Waals surface area contributed by atoms with Gasteiger partial charge in [0.25, 0.3) is 0 Å². The zero-order valence-electron chi connectivity index (χ0n) is 9.47. The van der Waals surface area contributed by atoms with Gasteiger partial charge in [0.2, 0.25) is 0 Å². The maximum atomic E-state index is 5.47. The van der Waals surface area contributed by atoms with Crippen molar-refractivity contribution in [1.82, 2.24) is 10.2 Å². The maximum Gasteiger partial charge on any atom is 0.00797 e. The van der Waals surface area contributed by atoms with Gasteiger partial charge in [-0.2, -0.15) is 0 Å². The molecule has 0 spiro atoms. The summed E-state index contributed by atoms with van der Waals surface area (Å²) in [6, 6.07) is 0.734. The monoisotopic (exact) mass is 199 g/mol. The van der Waals surface area contributed by atoms with Gasteiger partial charge in [-0.15, -0.1) is 0 Å². The van der Waals surface area contributed by atoms with Crippen molar-refractivity contribution >= 4 is 0 Å². The summed E-state index contributed by atoms with van der Waals surface area (Å²) in [5, 5.41) is 3.60. The molecule has 0 aromatic heterocycles. The van der Waals surface area contributed by atoms with Gasteiger partial charge in [0.15, 0.2) is 0 Å². The van der Waals surface area contributed by atoms with E-state index >= 15 is 0 Å². The van der Waals surface area contributed by atoms with Gasteiger partial charge in [-0.25, -0.2) is 0 Å². The molecule has 1 aliphatic heterocycles. The Morgan fingerprint density at radius 1 is 1.36 bits per heavy atom. The first-order valence-corrected chi connectivity index (χ1v) is 6.02. The molecule has 3 heteroatoms. The molecule has 3 nitrogen and oxygen atoms in total. The number of likely N-dealkylation sites (tertiary alicyclic amines) is 1. The molecule has 1 heterocycles. The van der Waals surface area contributed by atoms with Crippen LogP contribution in [0.4, 0.5) is 0 Å². The molecule has 0 amide bonds. The topological polar surface area (TPSA) is 41.3 Å². The first kappa shape index (κ1) is 12.0. The van der Waals surface area contributed by atoms with Crippen molar-refractivity contribution < 1.29 is 0 Å². The van der Waals surface area contributed by atoms with Gasteiger partial charge in [0, 0.05) is 6.04 Å². The summed E-state index contributed by atoms with van der Waals surface area (Å²) in [6.45, 7) is 7.90. The number of nitrogens with two attached hydrogens (primary N) is 1. The highest BCUT2D eigenvalue weighted by Crippen LogP contribution is 2.10. The standard InChI is InChI=1S/C11H25N3/c1-2-14-9-3-5-11(6-10-14)13-8-4-7-12/h11,13H,2-10,12H2,1H3. The number of nitrogens with zero attached hydrogens (tertiary/aromatic N) is 1. The molecular weight excluding hydrogens is 174 g/mol. The minimum Gasteiger partial charge on any atom is -0.330 e. The lowest BCUT2D eigenvalue weighted by molar-refractivity contribution is 0.297. The van der Waals surface area contributed by atoms with Crippen molar-refractivity contribution in [2.75, 3.05) is 32.7 Å².